The molecule has 1 saturated heterocycles. The second kappa shape index (κ2) is 4.72. The van der Waals surface area contributed by atoms with Gasteiger partial charge in [0.25, 0.3) is 5.56 Å². The molecule has 1 aliphatic rings. The first-order valence-corrected chi connectivity index (χ1v) is 7.36. The average Bonchev–Trinajstić information content (AvgIpc) is 2.81. The Morgan fingerprint density at radius 1 is 1.17 bits per heavy atom. The molecule has 1 aliphatic heterocycles. The Morgan fingerprint density at radius 2 is 1.74 bits per heavy atom. The van der Waals surface area contributed by atoms with Gasteiger partial charge in [-0.2, -0.15) is 4.68 Å². The zero-order valence-electron chi connectivity index (χ0n) is 13.8. The summed E-state index contributed by atoms with van der Waals surface area (Å²) >= 11 is 0. The van der Waals surface area contributed by atoms with Crippen LogP contribution in [0.4, 0.5) is 4.79 Å². The predicted octanol–water partition coefficient (Wildman–Crippen LogP) is 1.17. The summed E-state index contributed by atoms with van der Waals surface area (Å²) < 4.78 is 13.9. The number of rotatable bonds is 1. The lowest BCUT2D eigenvalue weighted by atomic mass is 9.79. The summed E-state index contributed by atoms with van der Waals surface area (Å²) in [4.78, 5) is 23.5. The molecule has 2 heterocycles. The van der Waals surface area contributed by atoms with Crippen molar-refractivity contribution in [3.63, 3.8) is 0 Å². The van der Waals surface area contributed by atoms with E-state index in [9.17, 15) is 14.7 Å². The van der Waals surface area contributed by atoms with Gasteiger partial charge in [-0.05, 0) is 45.3 Å². The van der Waals surface area contributed by atoms with Gasteiger partial charge in [-0.3, -0.25) is 4.79 Å². The number of hydrogen-bond donors (Lipinski definition) is 1. The third-order valence-corrected chi connectivity index (χ3v) is 4.78. The second-order valence-electron chi connectivity index (χ2n) is 6.79. The fraction of sp³-hybridized carbons (Fsp3) is 0.467. The summed E-state index contributed by atoms with van der Waals surface area (Å²) in [6, 6.07) is 4.97. The van der Waals surface area contributed by atoms with Crippen molar-refractivity contribution >= 4 is 29.6 Å². The van der Waals surface area contributed by atoms with E-state index < -0.39 is 24.4 Å². The molecule has 0 saturated carbocycles. The summed E-state index contributed by atoms with van der Waals surface area (Å²) in [6.07, 6.45) is -1.22. The number of hydrogen-bond acceptors (Lipinski definition) is 4. The fourth-order valence-electron chi connectivity index (χ4n) is 2.69. The molecule has 8 heteroatoms. The van der Waals surface area contributed by atoms with Gasteiger partial charge in [0.2, 0.25) is 0 Å². The normalized spacial score (nSPS) is 19.4. The van der Waals surface area contributed by atoms with E-state index in [4.69, 9.17) is 9.31 Å². The van der Waals surface area contributed by atoms with Gasteiger partial charge in [0, 0.05) is 7.05 Å². The molecule has 1 aromatic heterocycles. The maximum absolute atomic E-state index is 12.1. The first-order chi connectivity index (χ1) is 10.5. The van der Waals surface area contributed by atoms with Crippen LogP contribution in [-0.4, -0.2) is 38.9 Å². The van der Waals surface area contributed by atoms with Crippen LogP contribution >= 0.6 is 0 Å². The SMILES string of the molecule is Cn1c(=O)c2ccc(B3OC(C)(C)C(C)(C)O3)cc2n1C(=O)O. The van der Waals surface area contributed by atoms with E-state index >= 15 is 0 Å². The molecule has 23 heavy (non-hydrogen) atoms. The standard InChI is InChI=1S/C15H19BN2O5/c1-14(2)15(3,4)23-16(22-14)9-6-7-10-11(8-9)18(13(20)21)17(5)12(10)19/h6-8H,1-5H3,(H,20,21). The van der Waals surface area contributed by atoms with Gasteiger partial charge in [-0.25, -0.2) is 9.48 Å². The highest BCUT2D eigenvalue weighted by atomic mass is 16.7. The van der Waals surface area contributed by atoms with E-state index in [-0.39, 0.29) is 5.56 Å². The summed E-state index contributed by atoms with van der Waals surface area (Å²) in [5, 5.41) is 9.68. The minimum Gasteiger partial charge on any atom is -0.463 e. The Kier molecular flexibility index (Phi) is 3.25. The number of benzene rings is 1. The molecule has 1 aromatic carbocycles. The van der Waals surface area contributed by atoms with Gasteiger partial charge in [-0.15, -0.1) is 0 Å². The number of nitrogens with zero attached hydrogens (tertiary/aromatic N) is 2. The van der Waals surface area contributed by atoms with Gasteiger partial charge in [0.15, 0.2) is 0 Å². The van der Waals surface area contributed by atoms with Gasteiger partial charge in [0.05, 0.1) is 22.1 Å². The van der Waals surface area contributed by atoms with Crippen molar-refractivity contribution in [1.29, 1.82) is 0 Å². The smallest absolute Gasteiger partial charge is 0.463 e. The maximum Gasteiger partial charge on any atom is 0.494 e. The number of fused-ring (bicyclic) bond motifs is 1. The first kappa shape index (κ1) is 15.8. The van der Waals surface area contributed by atoms with E-state index in [0.717, 1.165) is 9.36 Å². The lowest BCUT2D eigenvalue weighted by molar-refractivity contribution is 0.00578. The van der Waals surface area contributed by atoms with Crippen LogP contribution in [0.15, 0.2) is 23.0 Å². The largest absolute Gasteiger partial charge is 0.494 e. The number of carboxylic acid groups (broad SMARTS) is 1. The Balaban J connectivity index is 2.14. The van der Waals surface area contributed by atoms with E-state index in [0.29, 0.717) is 16.4 Å². The molecule has 0 atom stereocenters. The lowest BCUT2D eigenvalue weighted by Crippen LogP contribution is -2.41. The zero-order valence-corrected chi connectivity index (χ0v) is 13.8. The van der Waals surface area contributed by atoms with E-state index in [1.54, 1.807) is 18.2 Å². The van der Waals surface area contributed by atoms with Crippen LogP contribution < -0.4 is 11.0 Å². The van der Waals surface area contributed by atoms with Gasteiger partial charge in [-0.1, -0.05) is 6.07 Å². The molecule has 0 radical (unpaired) electrons. The zero-order chi connectivity index (χ0) is 17.2. The Hall–Kier alpha value is -2.06. The van der Waals surface area contributed by atoms with Crippen LogP contribution in [0.2, 0.25) is 0 Å². The van der Waals surface area contributed by atoms with Gasteiger partial charge >= 0.3 is 13.2 Å². The molecule has 7 nitrogen and oxygen atoms in total. The van der Waals surface area contributed by atoms with Gasteiger partial charge < -0.3 is 14.4 Å². The Morgan fingerprint density at radius 3 is 2.26 bits per heavy atom. The highest BCUT2D eigenvalue weighted by molar-refractivity contribution is 6.62. The molecular weight excluding hydrogens is 299 g/mol. The van der Waals surface area contributed by atoms with Crippen molar-refractivity contribution in [2.75, 3.05) is 0 Å². The second-order valence-corrected chi connectivity index (χ2v) is 6.79. The lowest BCUT2D eigenvalue weighted by Gasteiger charge is -2.32. The highest BCUT2D eigenvalue weighted by Crippen LogP contribution is 2.36. The molecular formula is C15H19BN2O5. The first-order valence-electron chi connectivity index (χ1n) is 7.36. The third kappa shape index (κ3) is 2.21. The molecule has 122 valence electrons. The van der Waals surface area contributed by atoms with Crippen molar-refractivity contribution in [3.05, 3.63) is 28.6 Å². The monoisotopic (exact) mass is 318 g/mol. The van der Waals surface area contributed by atoms with Crippen LogP contribution in [0.3, 0.4) is 0 Å². The summed E-state index contributed by atoms with van der Waals surface area (Å²) in [6.45, 7) is 7.78. The molecule has 0 bridgehead atoms. The summed E-state index contributed by atoms with van der Waals surface area (Å²) in [5.74, 6) is 0. The summed E-state index contributed by atoms with van der Waals surface area (Å²) in [7, 11) is 0.812. The van der Waals surface area contributed by atoms with E-state index in [2.05, 4.69) is 0 Å². The van der Waals surface area contributed by atoms with E-state index in [1.165, 1.54) is 7.05 Å². The van der Waals surface area contributed by atoms with Crippen LogP contribution in [0.25, 0.3) is 10.9 Å². The number of aromatic nitrogens is 2. The topological polar surface area (TPSA) is 82.7 Å². The minimum absolute atomic E-state index is 0.317. The van der Waals surface area contributed by atoms with Crippen LogP contribution in [-0.2, 0) is 16.4 Å². The quantitative estimate of drug-likeness (QED) is 0.798. The van der Waals surface area contributed by atoms with Crippen molar-refractivity contribution in [3.8, 4) is 0 Å². The molecule has 2 aromatic rings. The van der Waals surface area contributed by atoms with Crippen molar-refractivity contribution in [2.45, 2.75) is 38.9 Å². The van der Waals surface area contributed by atoms with Crippen LogP contribution in [0, 0.1) is 0 Å². The van der Waals surface area contributed by atoms with E-state index in [1.807, 2.05) is 27.7 Å². The van der Waals surface area contributed by atoms with Crippen LogP contribution in [0.1, 0.15) is 27.7 Å². The molecule has 1 fully saturated rings. The van der Waals surface area contributed by atoms with Gasteiger partial charge in [0.1, 0.15) is 0 Å². The number of carbonyl (C=O) groups is 1. The summed E-state index contributed by atoms with van der Waals surface area (Å²) in [5.41, 5.74) is -0.345. The maximum atomic E-state index is 12.1. The molecule has 0 spiro atoms. The van der Waals surface area contributed by atoms with Crippen molar-refractivity contribution < 1.29 is 19.2 Å². The molecule has 0 aliphatic carbocycles. The third-order valence-electron chi connectivity index (χ3n) is 4.78. The Bertz CT molecular complexity index is 849. The molecule has 1 N–H and O–H groups in total. The van der Waals surface area contributed by atoms with Crippen molar-refractivity contribution in [2.24, 2.45) is 7.05 Å². The molecule has 3 rings (SSSR count). The van der Waals surface area contributed by atoms with Crippen LogP contribution in [0.5, 0.6) is 0 Å². The molecule has 0 unspecified atom stereocenters. The minimum atomic E-state index is -1.22. The molecule has 0 amide bonds. The predicted molar refractivity (Wildman–Crippen MR) is 86.3 cm³/mol. The fourth-order valence-corrected chi connectivity index (χ4v) is 2.69. The highest BCUT2D eigenvalue weighted by Gasteiger charge is 2.51. The average molecular weight is 318 g/mol. The Labute approximate surface area is 133 Å². The van der Waals surface area contributed by atoms with Crippen molar-refractivity contribution in [1.82, 2.24) is 9.36 Å².